The van der Waals surface area contributed by atoms with Crippen molar-refractivity contribution in [2.45, 2.75) is 0 Å². The van der Waals surface area contributed by atoms with E-state index in [4.69, 9.17) is 27.7 Å². The van der Waals surface area contributed by atoms with Gasteiger partial charge in [-0.15, -0.1) is 0 Å². The van der Waals surface area contributed by atoms with E-state index >= 15 is 0 Å². The summed E-state index contributed by atoms with van der Waals surface area (Å²) in [6.45, 7) is 0. The maximum atomic E-state index is 12.1. The smallest absolute Gasteiger partial charge is 0.256 e. The molecule has 0 bridgehead atoms. The highest BCUT2D eigenvalue weighted by atomic mass is 35.5. The van der Waals surface area contributed by atoms with Crippen molar-refractivity contribution in [2.75, 3.05) is 5.32 Å². The van der Waals surface area contributed by atoms with E-state index in [0.29, 0.717) is 27.0 Å². The zero-order valence-electron chi connectivity index (χ0n) is 10.1. The Morgan fingerprint density at radius 2 is 1.90 bits per heavy atom. The van der Waals surface area contributed by atoms with E-state index < -0.39 is 0 Å². The van der Waals surface area contributed by atoms with Gasteiger partial charge in [-0.25, -0.2) is 0 Å². The van der Waals surface area contributed by atoms with Crippen LogP contribution < -0.4 is 5.32 Å². The number of anilines is 1. The average molecular weight is 307 g/mol. The van der Waals surface area contributed by atoms with Crippen molar-refractivity contribution >= 4 is 45.9 Å². The molecule has 0 radical (unpaired) electrons. The van der Waals surface area contributed by atoms with Crippen molar-refractivity contribution in [3.63, 3.8) is 0 Å². The molecule has 0 unspecified atom stereocenters. The molecule has 0 aliphatic rings. The average Bonchev–Trinajstić information content (AvgIpc) is 2.85. The number of aromatic nitrogens is 1. The fourth-order valence-corrected chi connectivity index (χ4v) is 2.09. The molecule has 1 aromatic heterocycles. The highest BCUT2D eigenvalue weighted by Crippen LogP contribution is 2.25. The summed E-state index contributed by atoms with van der Waals surface area (Å²) >= 11 is 11.7. The minimum absolute atomic E-state index is 0.323. The second-order valence-electron chi connectivity index (χ2n) is 4.11. The number of benzene rings is 2. The summed E-state index contributed by atoms with van der Waals surface area (Å²) in [5.41, 5.74) is 1.00. The SMILES string of the molecule is O=C(Nc1noc2ccccc12)c1ccc(Cl)c(Cl)c1. The minimum atomic E-state index is -0.331. The molecule has 20 heavy (non-hydrogen) atoms. The topological polar surface area (TPSA) is 55.1 Å². The Hall–Kier alpha value is -2.04. The lowest BCUT2D eigenvalue weighted by atomic mass is 10.2. The number of halogens is 2. The van der Waals surface area contributed by atoms with E-state index in [0.717, 1.165) is 5.39 Å². The third-order valence-electron chi connectivity index (χ3n) is 2.79. The lowest BCUT2D eigenvalue weighted by Gasteiger charge is -2.03. The Morgan fingerprint density at radius 3 is 2.70 bits per heavy atom. The summed E-state index contributed by atoms with van der Waals surface area (Å²) in [6, 6.07) is 11.9. The summed E-state index contributed by atoms with van der Waals surface area (Å²) in [7, 11) is 0. The molecule has 0 atom stereocenters. The third kappa shape index (κ3) is 2.35. The molecule has 4 nitrogen and oxygen atoms in total. The third-order valence-corrected chi connectivity index (χ3v) is 3.53. The highest BCUT2D eigenvalue weighted by molar-refractivity contribution is 6.42. The van der Waals surface area contributed by atoms with Gasteiger partial charge in [-0.05, 0) is 30.3 Å². The second-order valence-corrected chi connectivity index (χ2v) is 4.92. The van der Waals surface area contributed by atoms with E-state index in [-0.39, 0.29) is 5.91 Å². The summed E-state index contributed by atoms with van der Waals surface area (Å²) in [6.07, 6.45) is 0. The fraction of sp³-hybridized carbons (Fsp3) is 0. The maximum absolute atomic E-state index is 12.1. The second kappa shape index (κ2) is 5.15. The molecule has 0 saturated carbocycles. The van der Waals surface area contributed by atoms with E-state index in [1.165, 1.54) is 6.07 Å². The van der Waals surface area contributed by atoms with Crippen LogP contribution in [0.4, 0.5) is 5.82 Å². The number of hydrogen-bond donors (Lipinski definition) is 1. The van der Waals surface area contributed by atoms with E-state index in [1.807, 2.05) is 18.2 Å². The van der Waals surface area contributed by atoms with Gasteiger partial charge in [-0.1, -0.05) is 40.5 Å². The molecule has 1 N–H and O–H groups in total. The first kappa shape index (κ1) is 13.0. The molecule has 1 amide bonds. The van der Waals surface area contributed by atoms with Crippen molar-refractivity contribution in [3.05, 3.63) is 58.1 Å². The van der Waals surface area contributed by atoms with Crippen molar-refractivity contribution in [1.29, 1.82) is 0 Å². The molecule has 0 spiro atoms. The van der Waals surface area contributed by atoms with Gasteiger partial charge in [-0.3, -0.25) is 4.79 Å². The number of amides is 1. The summed E-state index contributed by atoms with van der Waals surface area (Å²) in [5.74, 6) is 0.0410. The van der Waals surface area contributed by atoms with Gasteiger partial charge in [0.2, 0.25) is 0 Å². The van der Waals surface area contributed by atoms with Gasteiger partial charge in [0.1, 0.15) is 0 Å². The quantitative estimate of drug-likeness (QED) is 0.764. The van der Waals surface area contributed by atoms with Crippen LogP contribution in [0.25, 0.3) is 11.0 Å². The molecule has 0 fully saturated rings. The number of rotatable bonds is 2. The molecule has 0 saturated heterocycles. The molecule has 3 rings (SSSR count). The predicted octanol–water partition coefficient (Wildman–Crippen LogP) is 4.39. The highest BCUT2D eigenvalue weighted by Gasteiger charge is 2.13. The molecule has 6 heteroatoms. The van der Waals surface area contributed by atoms with Gasteiger partial charge < -0.3 is 9.84 Å². The maximum Gasteiger partial charge on any atom is 0.256 e. The Balaban J connectivity index is 1.90. The van der Waals surface area contributed by atoms with Crippen molar-refractivity contribution in [2.24, 2.45) is 0 Å². The summed E-state index contributed by atoms with van der Waals surface area (Å²) < 4.78 is 5.12. The van der Waals surface area contributed by atoms with Crippen LogP contribution >= 0.6 is 23.2 Å². The zero-order valence-corrected chi connectivity index (χ0v) is 11.6. The van der Waals surface area contributed by atoms with Gasteiger partial charge in [0.25, 0.3) is 5.91 Å². The molecular weight excluding hydrogens is 299 g/mol. The monoisotopic (exact) mass is 306 g/mol. The number of carbonyl (C=O) groups is 1. The molecule has 0 aliphatic heterocycles. The van der Waals surface area contributed by atoms with Crippen LogP contribution in [0.1, 0.15) is 10.4 Å². The lowest BCUT2D eigenvalue weighted by molar-refractivity contribution is 0.102. The lowest BCUT2D eigenvalue weighted by Crippen LogP contribution is -2.12. The Kier molecular flexibility index (Phi) is 3.34. The number of nitrogens with one attached hydrogen (secondary N) is 1. The largest absolute Gasteiger partial charge is 0.354 e. The van der Waals surface area contributed by atoms with Crippen LogP contribution in [-0.4, -0.2) is 11.1 Å². The summed E-state index contributed by atoms with van der Waals surface area (Å²) in [5, 5.41) is 7.98. The standard InChI is InChI=1S/C14H8Cl2N2O2/c15-10-6-5-8(7-11(10)16)14(19)17-13-9-3-1-2-4-12(9)20-18-13/h1-7H,(H,17,18,19). The van der Waals surface area contributed by atoms with Gasteiger partial charge in [0.15, 0.2) is 11.4 Å². The molecule has 2 aromatic carbocycles. The van der Waals surface area contributed by atoms with E-state index in [1.54, 1.807) is 18.2 Å². The molecule has 0 aliphatic carbocycles. The van der Waals surface area contributed by atoms with Crippen LogP contribution in [0.3, 0.4) is 0 Å². The number of nitrogens with zero attached hydrogens (tertiary/aromatic N) is 1. The fourth-order valence-electron chi connectivity index (χ4n) is 1.79. The van der Waals surface area contributed by atoms with Gasteiger partial charge in [0, 0.05) is 5.56 Å². The Morgan fingerprint density at radius 1 is 1.10 bits per heavy atom. The first-order valence-electron chi connectivity index (χ1n) is 5.76. The summed E-state index contributed by atoms with van der Waals surface area (Å²) in [4.78, 5) is 12.1. The minimum Gasteiger partial charge on any atom is -0.354 e. The first-order chi connectivity index (χ1) is 9.65. The number of fused-ring (bicyclic) bond motifs is 1. The van der Waals surface area contributed by atoms with Crippen molar-refractivity contribution < 1.29 is 9.32 Å². The van der Waals surface area contributed by atoms with Gasteiger partial charge in [-0.2, -0.15) is 0 Å². The molecule has 1 heterocycles. The van der Waals surface area contributed by atoms with Crippen LogP contribution in [0.5, 0.6) is 0 Å². The van der Waals surface area contributed by atoms with Crippen LogP contribution in [0.15, 0.2) is 47.0 Å². The van der Waals surface area contributed by atoms with Crippen LogP contribution in [0, 0.1) is 0 Å². The van der Waals surface area contributed by atoms with Crippen LogP contribution in [-0.2, 0) is 0 Å². The number of para-hydroxylation sites is 1. The van der Waals surface area contributed by atoms with Crippen LogP contribution in [0.2, 0.25) is 10.0 Å². The van der Waals surface area contributed by atoms with Gasteiger partial charge >= 0.3 is 0 Å². The van der Waals surface area contributed by atoms with Crippen molar-refractivity contribution in [3.8, 4) is 0 Å². The predicted molar refractivity (Wildman–Crippen MR) is 78.4 cm³/mol. The van der Waals surface area contributed by atoms with E-state index in [9.17, 15) is 4.79 Å². The normalized spacial score (nSPS) is 10.7. The van der Waals surface area contributed by atoms with Crippen molar-refractivity contribution in [1.82, 2.24) is 5.16 Å². The number of hydrogen-bond acceptors (Lipinski definition) is 3. The first-order valence-corrected chi connectivity index (χ1v) is 6.51. The Bertz CT molecular complexity index is 799. The molecular formula is C14H8Cl2N2O2. The Labute approximate surface area is 124 Å². The zero-order chi connectivity index (χ0) is 14.1. The number of carbonyl (C=O) groups excluding carboxylic acids is 1. The molecule has 100 valence electrons. The molecule has 3 aromatic rings. The van der Waals surface area contributed by atoms with E-state index in [2.05, 4.69) is 10.5 Å². The van der Waals surface area contributed by atoms with Gasteiger partial charge in [0.05, 0.1) is 15.4 Å².